The zero-order chi connectivity index (χ0) is 7.98. The van der Waals surface area contributed by atoms with Gasteiger partial charge in [-0.2, -0.15) is 0 Å². The first-order valence-corrected chi connectivity index (χ1v) is 4.06. The fraction of sp³-hybridized carbons (Fsp3) is 1.00. The number of hydrogen-bond donors (Lipinski definition) is 0. The van der Waals surface area contributed by atoms with E-state index in [9.17, 15) is 9.50 Å². The molecule has 4 heteroatoms. The van der Waals surface area contributed by atoms with Gasteiger partial charge in [-0.3, -0.25) is 0 Å². The lowest BCUT2D eigenvalue weighted by Crippen LogP contribution is -2.12. The van der Waals surface area contributed by atoms with Gasteiger partial charge in [0, 0.05) is 6.42 Å². The van der Waals surface area contributed by atoms with Gasteiger partial charge in [-0.15, -0.1) is 0 Å². The predicted molar refractivity (Wildman–Crippen MR) is 39.4 cm³/mol. The molecule has 0 aromatic rings. The monoisotopic (exact) mass is 213 g/mol. The summed E-state index contributed by atoms with van der Waals surface area (Å²) in [5.74, 6) is 0. The number of rotatable bonds is 5. The third kappa shape index (κ3) is 6.45. The Morgan fingerprint density at radius 2 is 2.30 bits per heavy atom. The van der Waals surface area contributed by atoms with Crippen LogP contribution in [0.5, 0.6) is 0 Å². The molecular formula is C6H11BrFO2. The summed E-state index contributed by atoms with van der Waals surface area (Å²) < 4.78 is 17.0. The molecule has 2 atom stereocenters. The van der Waals surface area contributed by atoms with Crippen LogP contribution in [0.2, 0.25) is 0 Å². The summed E-state index contributed by atoms with van der Waals surface area (Å²) >= 11 is 3.08. The van der Waals surface area contributed by atoms with Gasteiger partial charge >= 0.3 is 0 Å². The van der Waals surface area contributed by atoms with Gasteiger partial charge in [0.05, 0.1) is 13.2 Å². The standard InChI is InChI=1S/C6H11BrFO2/c1-5(8)4-10-6(7)2-3-9/h5-6H,2-4H2,1H3. The number of alkyl halides is 2. The molecule has 0 saturated carbocycles. The third-order valence-corrected chi connectivity index (χ3v) is 1.57. The Kier molecular flexibility index (Phi) is 6.27. The van der Waals surface area contributed by atoms with Crippen LogP contribution in [0.3, 0.4) is 0 Å². The van der Waals surface area contributed by atoms with E-state index < -0.39 is 6.17 Å². The fourth-order valence-corrected chi connectivity index (χ4v) is 0.753. The van der Waals surface area contributed by atoms with Crippen molar-refractivity contribution in [3.63, 3.8) is 0 Å². The molecule has 0 saturated heterocycles. The lowest BCUT2D eigenvalue weighted by molar-refractivity contribution is 0.0527. The highest BCUT2D eigenvalue weighted by Gasteiger charge is 2.05. The summed E-state index contributed by atoms with van der Waals surface area (Å²) in [5.41, 5.74) is 0. The summed E-state index contributed by atoms with van der Waals surface area (Å²) in [7, 11) is 0. The molecule has 2 nitrogen and oxygen atoms in total. The Hall–Kier alpha value is 0.330. The third-order valence-electron chi connectivity index (χ3n) is 0.852. The van der Waals surface area contributed by atoms with Crippen molar-refractivity contribution in [2.45, 2.75) is 24.5 Å². The first kappa shape index (κ1) is 10.3. The lowest BCUT2D eigenvalue weighted by Gasteiger charge is -2.09. The molecule has 0 rings (SSSR count). The van der Waals surface area contributed by atoms with E-state index in [4.69, 9.17) is 4.74 Å². The zero-order valence-corrected chi connectivity index (χ0v) is 7.43. The van der Waals surface area contributed by atoms with Crippen molar-refractivity contribution < 1.29 is 14.2 Å². The van der Waals surface area contributed by atoms with Gasteiger partial charge in [-0.1, -0.05) is 15.9 Å². The quantitative estimate of drug-likeness (QED) is 0.642. The van der Waals surface area contributed by atoms with Crippen molar-refractivity contribution >= 4 is 15.9 Å². The van der Waals surface area contributed by atoms with Gasteiger partial charge in [0.25, 0.3) is 0 Å². The fourth-order valence-electron chi connectivity index (χ4n) is 0.413. The van der Waals surface area contributed by atoms with Crippen LogP contribution in [0, 0.1) is 0 Å². The van der Waals surface area contributed by atoms with Crippen LogP contribution in [-0.2, 0) is 9.84 Å². The topological polar surface area (TPSA) is 29.1 Å². The van der Waals surface area contributed by atoms with Crippen LogP contribution < -0.4 is 0 Å². The number of halogens is 2. The SMILES string of the molecule is CC(F)COC(Br)CC[O]. The number of ether oxygens (including phenoxy) is 1. The second-order valence-corrected chi connectivity index (χ2v) is 3.04. The molecule has 61 valence electrons. The molecular weight excluding hydrogens is 203 g/mol. The maximum Gasteiger partial charge on any atom is 0.121 e. The van der Waals surface area contributed by atoms with Gasteiger partial charge in [0.15, 0.2) is 0 Å². The molecule has 0 aromatic heterocycles. The van der Waals surface area contributed by atoms with E-state index in [0.29, 0.717) is 6.42 Å². The maximum atomic E-state index is 12.1. The molecule has 0 aliphatic carbocycles. The lowest BCUT2D eigenvalue weighted by atomic mass is 10.4. The molecule has 0 spiro atoms. The summed E-state index contributed by atoms with van der Waals surface area (Å²) in [6, 6.07) is 0. The maximum absolute atomic E-state index is 12.1. The minimum Gasteiger partial charge on any atom is -0.364 e. The van der Waals surface area contributed by atoms with Crippen molar-refractivity contribution in [3.8, 4) is 0 Å². The Labute approximate surface area is 68.5 Å². The molecule has 0 heterocycles. The Morgan fingerprint density at radius 1 is 1.70 bits per heavy atom. The van der Waals surface area contributed by atoms with Crippen molar-refractivity contribution in [1.82, 2.24) is 0 Å². The van der Waals surface area contributed by atoms with Gasteiger partial charge in [0.1, 0.15) is 11.2 Å². The average Bonchev–Trinajstić information content (AvgIpc) is 1.85. The van der Waals surface area contributed by atoms with Gasteiger partial charge in [0.2, 0.25) is 0 Å². The minimum atomic E-state index is -0.966. The number of hydrogen-bond acceptors (Lipinski definition) is 1. The highest BCUT2D eigenvalue weighted by atomic mass is 79.9. The molecule has 0 amide bonds. The second-order valence-electron chi connectivity index (χ2n) is 2.02. The van der Waals surface area contributed by atoms with E-state index in [-0.39, 0.29) is 18.2 Å². The second kappa shape index (κ2) is 6.07. The highest BCUT2D eigenvalue weighted by molar-refractivity contribution is 9.09. The smallest absolute Gasteiger partial charge is 0.121 e. The minimum absolute atomic E-state index is 0.0515. The molecule has 2 unspecified atom stereocenters. The van der Waals surface area contributed by atoms with Crippen LogP contribution in [0.25, 0.3) is 0 Å². The van der Waals surface area contributed by atoms with Crippen LogP contribution in [0.4, 0.5) is 4.39 Å². The molecule has 0 aromatic carbocycles. The summed E-state index contributed by atoms with van der Waals surface area (Å²) in [5, 5.41) is 9.69. The van der Waals surface area contributed by atoms with E-state index >= 15 is 0 Å². The molecule has 0 fully saturated rings. The highest BCUT2D eigenvalue weighted by Crippen LogP contribution is 2.07. The summed E-state index contributed by atoms with van der Waals surface area (Å²) in [6.07, 6.45) is -0.584. The predicted octanol–water partition coefficient (Wildman–Crippen LogP) is 1.90. The summed E-state index contributed by atoms with van der Waals surface area (Å²) in [6.45, 7) is 1.27. The van der Waals surface area contributed by atoms with Crippen LogP contribution in [0.15, 0.2) is 0 Å². The van der Waals surface area contributed by atoms with Crippen molar-refractivity contribution in [3.05, 3.63) is 0 Å². The van der Waals surface area contributed by atoms with Crippen molar-refractivity contribution in [1.29, 1.82) is 0 Å². The van der Waals surface area contributed by atoms with E-state index in [0.717, 1.165) is 0 Å². The van der Waals surface area contributed by atoms with E-state index in [1.54, 1.807) is 0 Å². The van der Waals surface area contributed by atoms with Crippen molar-refractivity contribution in [2.75, 3.05) is 13.2 Å². The zero-order valence-electron chi connectivity index (χ0n) is 5.85. The average molecular weight is 214 g/mol. The normalized spacial score (nSPS) is 16.8. The molecule has 0 aliphatic rings. The molecule has 0 aliphatic heterocycles. The van der Waals surface area contributed by atoms with Gasteiger partial charge < -0.3 is 4.74 Å². The Morgan fingerprint density at radius 3 is 2.70 bits per heavy atom. The summed E-state index contributed by atoms with van der Waals surface area (Å²) in [4.78, 5) is 0. The van der Waals surface area contributed by atoms with Crippen LogP contribution in [0.1, 0.15) is 13.3 Å². The van der Waals surface area contributed by atoms with Gasteiger partial charge in [-0.05, 0) is 6.92 Å². The van der Waals surface area contributed by atoms with E-state index in [2.05, 4.69) is 15.9 Å². The van der Waals surface area contributed by atoms with Crippen LogP contribution >= 0.6 is 15.9 Å². The van der Waals surface area contributed by atoms with Crippen molar-refractivity contribution in [2.24, 2.45) is 0 Å². The van der Waals surface area contributed by atoms with E-state index in [1.165, 1.54) is 6.92 Å². The Bertz CT molecular complexity index is 80.1. The first-order chi connectivity index (χ1) is 4.66. The molecule has 0 N–H and O–H groups in total. The molecule has 10 heavy (non-hydrogen) atoms. The van der Waals surface area contributed by atoms with E-state index in [1.807, 2.05) is 0 Å². The molecule has 0 bridgehead atoms. The molecule has 1 radical (unpaired) electrons. The largest absolute Gasteiger partial charge is 0.364 e. The first-order valence-electron chi connectivity index (χ1n) is 3.14. The van der Waals surface area contributed by atoms with Gasteiger partial charge in [-0.25, -0.2) is 9.50 Å². The Balaban J connectivity index is 3.12. The van der Waals surface area contributed by atoms with Crippen LogP contribution in [-0.4, -0.2) is 24.4 Å².